The van der Waals surface area contributed by atoms with E-state index in [2.05, 4.69) is 45.3 Å². The molecule has 0 radical (unpaired) electrons. The first-order valence-corrected chi connectivity index (χ1v) is 14.2. The second-order valence-corrected chi connectivity index (χ2v) is 10.7. The van der Waals surface area contributed by atoms with Gasteiger partial charge in [-0.25, -0.2) is 4.79 Å². The van der Waals surface area contributed by atoms with Gasteiger partial charge < -0.3 is 14.0 Å². The number of carbonyl (C=O) groups excluding carboxylic acids is 1. The topological polar surface area (TPSA) is 35.5 Å². The van der Waals surface area contributed by atoms with Crippen LogP contribution in [-0.4, -0.2) is 37.4 Å². The minimum Gasteiger partial charge on any atom is -0.455 e. The molecule has 0 spiro atoms. The van der Waals surface area contributed by atoms with Crippen LogP contribution in [0.1, 0.15) is 95.6 Å². The lowest BCUT2D eigenvalue weighted by atomic mass is 10.0. The normalized spacial score (nSPS) is 12.3. The highest BCUT2D eigenvalue weighted by Crippen LogP contribution is 2.23. The van der Waals surface area contributed by atoms with Crippen LogP contribution in [0, 0.1) is 0 Å². The number of esters is 1. The first kappa shape index (κ1) is 29.9. The molecule has 36 heavy (non-hydrogen) atoms. The summed E-state index contributed by atoms with van der Waals surface area (Å²) in [7, 11) is 4.11. The Morgan fingerprint density at radius 1 is 0.778 bits per heavy atom. The largest absolute Gasteiger partial charge is 0.455 e. The predicted molar refractivity (Wildman–Crippen MR) is 150 cm³/mol. The van der Waals surface area contributed by atoms with Gasteiger partial charge in [-0.3, -0.25) is 0 Å². The van der Waals surface area contributed by atoms with E-state index in [9.17, 15) is 4.79 Å². The minimum atomic E-state index is -0.567. The van der Waals surface area contributed by atoms with E-state index in [4.69, 9.17) is 9.47 Å². The number of para-hydroxylation sites is 1. The molecule has 0 bridgehead atoms. The number of nitrogens with zero attached hydrogens (tertiary/aromatic N) is 1. The zero-order chi connectivity index (χ0) is 26.1. The lowest BCUT2D eigenvalue weighted by Crippen LogP contribution is -2.44. The van der Waals surface area contributed by atoms with E-state index in [1.165, 1.54) is 68.9 Å². The van der Waals surface area contributed by atoms with Crippen molar-refractivity contribution in [3.8, 4) is 5.75 Å². The van der Waals surface area contributed by atoms with Crippen LogP contribution in [-0.2, 0) is 22.5 Å². The van der Waals surface area contributed by atoms with Gasteiger partial charge in [0.1, 0.15) is 12.3 Å². The fourth-order valence-electron chi connectivity index (χ4n) is 4.63. The molecule has 2 aromatic rings. The molecule has 2 aromatic carbocycles. The Labute approximate surface area is 220 Å². The quantitative estimate of drug-likeness (QED) is 0.0853. The van der Waals surface area contributed by atoms with Crippen LogP contribution < -0.4 is 4.74 Å². The molecule has 0 aliphatic carbocycles. The third kappa shape index (κ3) is 12.6. The van der Waals surface area contributed by atoms with Gasteiger partial charge >= 0.3 is 5.97 Å². The van der Waals surface area contributed by atoms with Crippen LogP contribution in [0.3, 0.4) is 0 Å². The summed E-state index contributed by atoms with van der Waals surface area (Å²) in [5, 5.41) is 0. The Bertz CT molecular complexity index is 849. The molecule has 1 atom stereocenters. The molecule has 200 valence electrons. The average Bonchev–Trinajstić information content (AvgIpc) is 2.85. The van der Waals surface area contributed by atoms with Gasteiger partial charge in [-0.05, 0) is 24.5 Å². The molecule has 0 amide bonds. The van der Waals surface area contributed by atoms with Gasteiger partial charge in [0.25, 0.3) is 0 Å². The number of ether oxygens (including phenoxy) is 2. The number of rotatable bonds is 19. The number of unbranched alkanes of at least 4 members (excludes halogenated alkanes) is 9. The summed E-state index contributed by atoms with van der Waals surface area (Å²) in [4.78, 5) is 12.7. The van der Waals surface area contributed by atoms with E-state index in [0.29, 0.717) is 17.4 Å². The van der Waals surface area contributed by atoms with Gasteiger partial charge in [-0.1, -0.05) is 120 Å². The molecule has 0 N–H and O–H groups in total. The van der Waals surface area contributed by atoms with Gasteiger partial charge in [-0.2, -0.15) is 0 Å². The van der Waals surface area contributed by atoms with Gasteiger partial charge in [0.05, 0.1) is 14.1 Å². The highest BCUT2D eigenvalue weighted by molar-refractivity contribution is 5.70. The Morgan fingerprint density at radius 3 is 2.00 bits per heavy atom. The maximum absolute atomic E-state index is 12.7. The Balaban J connectivity index is 1.75. The zero-order valence-electron chi connectivity index (χ0n) is 23.3. The smallest absolute Gasteiger partial charge is 0.364 e. The van der Waals surface area contributed by atoms with E-state index < -0.39 is 6.29 Å². The molecular formula is C32H50NO3+. The first-order valence-electron chi connectivity index (χ1n) is 14.2. The second-order valence-electron chi connectivity index (χ2n) is 10.7. The maximum Gasteiger partial charge on any atom is 0.364 e. The van der Waals surface area contributed by atoms with Crippen molar-refractivity contribution in [3.63, 3.8) is 0 Å². The van der Waals surface area contributed by atoms with Crippen LogP contribution in [0.5, 0.6) is 5.75 Å². The molecule has 4 nitrogen and oxygen atoms in total. The third-order valence-corrected chi connectivity index (χ3v) is 6.64. The molecule has 0 saturated heterocycles. The number of carbonyl (C=O) groups is 1. The highest BCUT2D eigenvalue weighted by atomic mass is 16.7. The first-order chi connectivity index (χ1) is 17.4. The van der Waals surface area contributed by atoms with E-state index in [0.717, 1.165) is 25.1 Å². The van der Waals surface area contributed by atoms with Crippen molar-refractivity contribution in [2.75, 3.05) is 20.6 Å². The van der Waals surface area contributed by atoms with Crippen LogP contribution in [0.25, 0.3) is 0 Å². The van der Waals surface area contributed by atoms with Crippen LogP contribution in [0.15, 0.2) is 54.6 Å². The van der Waals surface area contributed by atoms with Crippen molar-refractivity contribution in [1.29, 1.82) is 0 Å². The monoisotopic (exact) mass is 496 g/mol. The summed E-state index contributed by atoms with van der Waals surface area (Å²) in [5.74, 6) is 0.612. The summed E-state index contributed by atoms with van der Waals surface area (Å²) >= 11 is 0. The maximum atomic E-state index is 12.7. The molecule has 0 aliphatic rings. The summed E-state index contributed by atoms with van der Waals surface area (Å²) in [6.07, 6.45) is 14.4. The van der Waals surface area contributed by atoms with Crippen molar-refractivity contribution in [2.45, 2.75) is 104 Å². The van der Waals surface area contributed by atoms with E-state index in [1.807, 2.05) is 37.3 Å². The molecule has 4 heteroatoms. The molecule has 1 unspecified atom stereocenters. The predicted octanol–water partition coefficient (Wildman–Crippen LogP) is 8.08. The summed E-state index contributed by atoms with van der Waals surface area (Å²) < 4.78 is 12.5. The summed E-state index contributed by atoms with van der Waals surface area (Å²) in [6.45, 7) is 5.34. The van der Waals surface area contributed by atoms with Crippen molar-refractivity contribution in [3.05, 3.63) is 65.7 Å². The standard InChI is InChI=1S/C32H50NO3/c1-5-7-8-9-10-11-12-13-14-18-23-29-24-19-20-25-30(29)35-32(6-2)36-31(34)27-33(3,4)26-28-21-16-15-17-22-28/h15-17,19-22,24-25,32H,5-14,18,23,26-27H2,1-4H3/q+1. The fraction of sp³-hybridized carbons (Fsp3) is 0.594. The summed E-state index contributed by atoms with van der Waals surface area (Å²) in [5.41, 5.74) is 2.41. The molecule has 0 saturated carbocycles. The number of likely N-dealkylation sites (N-methyl/N-ethyl adjacent to an activating group) is 1. The highest BCUT2D eigenvalue weighted by Gasteiger charge is 2.24. The third-order valence-electron chi connectivity index (χ3n) is 6.64. The second kappa shape index (κ2) is 17.2. The number of quaternary nitrogens is 1. The van der Waals surface area contributed by atoms with Crippen molar-refractivity contribution in [2.24, 2.45) is 0 Å². The van der Waals surface area contributed by atoms with Gasteiger partial charge in [0.15, 0.2) is 6.54 Å². The SMILES string of the molecule is CCCCCCCCCCCCc1ccccc1OC(CC)OC(=O)C[N+](C)(C)Cc1ccccc1. The molecule has 0 aromatic heterocycles. The Hall–Kier alpha value is -2.33. The number of hydrogen-bond acceptors (Lipinski definition) is 3. The van der Waals surface area contributed by atoms with Gasteiger partial charge in [-0.15, -0.1) is 0 Å². The number of aryl methyl sites for hydroxylation is 1. The fourth-order valence-corrected chi connectivity index (χ4v) is 4.63. The van der Waals surface area contributed by atoms with Gasteiger partial charge in [0, 0.05) is 12.0 Å². The van der Waals surface area contributed by atoms with E-state index in [1.54, 1.807) is 0 Å². The molecule has 0 fully saturated rings. The molecule has 0 aliphatic heterocycles. The minimum absolute atomic E-state index is 0.227. The van der Waals surface area contributed by atoms with E-state index >= 15 is 0 Å². The lowest BCUT2D eigenvalue weighted by molar-refractivity contribution is -0.896. The van der Waals surface area contributed by atoms with Crippen LogP contribution >= 0.6 is 0 Å². The Morgan fingerprint density at radius 2 is 1.36 bits per heavy atom. The molecule has 0 heterocycles. The van der Waals surface area contributed by atoms with Crippen molar-refractivity contribution in [1.82, 2.24) is 0 Å². The zero-order valence-corrected chi connectivity index (χ0v) is 23.3. The summed E-state index contributed by atoms with van der Waals surface area (Å²) in [6, 6.07) is 18.4. The average molecular weight is 497 g/mol. The van der Waals surface area contributed by atoms with Crippen molar-refractivity contribution >= 4 is 5.97 Å². The number of hydrogen-bond donors (Lipinski definition) is 0. The van der Waals surface area contributed by atoms with Crippen LogP contribution in [0.2, 0.25) is 0 Å². The number of benzene rings is 2. The van der Waals surface area contributed by atoms with Crippen molar-refractivity contribution < 1.29 is 18.8 Å². The van der Waals surface area contributed by atoms with Crippen LogP contribution in [0.4, 0.5) is 0 Å². The van der Waals surface area contributed by atoms with E-state index in [-0.39, 0.29) is 5.97 Å². The molecule has 2 rings (SSSR count). The Kier molecular flexibility index (Phi) is 14.3. The molecular weight excluding hydrogens is 446 g/mol. The lowest BCUT2D eigenvalue weighted by Gasteiger charge is -2.29. The van der Waals surface area contributed by atoms with Gasteiger partial charge in [0.2, 0.25) is 6.29 Å².